The Labute approximate surface area is 110 Å². The Kier molecular flexibility index (Phi) is 4.13. The summed E-state index contributed by atoms with van der Waals surface area (Å²) >= 11 is 0. The second-order valence-electron chi connectivity index (χ2n) is 5.13. The molecule has 0 saturated heterocycles. The van der Waals surface area contributed by atoms with Crippen molar-refractivity contribution in [2.75, 3.05) is 7.05 Å². The van der Waals surface area contributed by atoms with E-state index >= 15 is 0 Å². The summed E-state index contributed by atoms with van der Waals surface area (Å²) in [6.07, 6.45) is 0.494. The van der Waals surface area contributed by atoms with Gasteiger partial charge in [0.25, 0.3) is 0 Å². The van der Waals surface area contributed by atoms with E-state index in [0.29, 0.717) is 18.4 Å². The third-order valence-electron chi connectivity index (χ3n) is 3.85. The second kappa shape index (κ2) is 5.49. The van der Waals surface area contributed by atoms with E-state index in [-0.39, 0.29) is 24.8 Å². The average molecular weight is 275 g/mol. The van der Waals surface area contributed by atoms with Crippen molar-refractivity contribution < 1.29 is 17.6 Å². The molecule has 1 fully saturated rings. The highest BCUT2D eigenvalue weighted by Gasteiger charge is 2.37. The van der Waals surface area contributed by atoms with Gasteiger partial charge in [0, 0.05) is 18.9 Å². The monoisotopic (exact) mass is 275 g/mol. The normalized spacial score (nSPS) is 21.3. The summed E-state index contributed by atoms with van der Waals surface area (Å²) in [7, 11) is 1.71. The predicted octanol–water partition coefficient (Wildman–Crippen LogP) is 4.05. The minimum absolute atomic E-state index is 0.0227. The molecule has 0 spiro atoms. The largest absolute Gasteiger partial charge is 0.313 e. The fraction of sp³-hybridized carbons (Fsp3) is 0.571. The number of hydrogen-bond acceptors (Lipinski definition) is 1. The minimum atomic E-state index is -2.58. The fourth-order valence-electron chi connectivity index (χ4n) is 2.78. The van der Waals surface area contributed by atoms with Crippen LogP contribution in [0.1, 0.15) is 37.3 Å². The van der Waals surface area contributed by atoms with Crippen LogP contribution in [0.25, 0.3) is 0 Å². The summed E-state index contributed by atoms with van der Waals surface area (Å²) in [5, 5.41) is 3.03. The van der Waals surface area contributed by atoms with Gasteiger partial charge in [0.1, 0.15) is 0 Å². The molecule has 1 N–H and O–H groups in total. The van der Waals surface area contributed by atoms with Gasteiger partial charge in [-0.15, -0.1) is 0 Å². The second-order valence-corrected chi connectivity index (χ2v) is 5.13. The maximum absolute atomic E-state index is 13.2. The number of rotatable bonds is 3. The summed E-state index contributed by atoms with van der Waals surface area (Å²) in [6, 6.07) is 3.51. The van der Waals surface area contributed by atoms with Crippen molar-refractivity contribution >= 4 is 0 Å². The van der Waals surface area contributed by atoms with E-state index in [4.69, 9.17) is 0 Å². The zero-order valence-electron chi connectivity index (χ0n) is 10.7. The minimum Gasteiger partial charge on any atom is -0.313 e. The Morgan fingerprint density at radius 1 is 1.16 bits per heavy atom. The lowest BCUT2D eigenvalue weighted by Gasteiger charge is -2.34. The van der Waals surface area contributed by atoms with Gasteiger partial charge in [0.2, 0.25) is 5.92 Å². The summed E-state index contributed by atoms with van der Waals surface area (Å²) in [5.74, 6) is -4.36. The molecule has 0 amide bonds. The molecule has 1 saturated carbocycles. The average Bonchev–Trinajstić information content (AvgIpc) is 2.36. The first-order chi connectivity index (χ1) is 8.93. The Bertz CT molecular complexity index is 437. The topological polar surface area (TPSA) is 12.0 Å². The van der Waals surface area contributed by atoms with Gasteiger partial charge < -0.3 is 5.32 Å². The molecule has 1 aliphatic carbocycles. The van der Waals surface area contributed by atoms with E-state index in [2.05, 4.69) is 5.32 Å². The Balaban J connectivity index is 2.14. The van der Waals surface area contributed by atoms with Gasteiger partial charge in [0.05, 0.1) is 0 Å². The third-order valence-corrected chi connectivity index (χ3v) is 3.85. The molecular weight excluding hydrogens is 258 g/mol. The zero-order chi connectivity index (χ0) is 14.0. The highest BCUT2D eigenvalue weighted by molar-refractivity contribution is 5.22. The van der Waals surface area contributed by atoms with Crippen molar-refractivity contribution in [2.24, 2.45) is 5.92 Å². The third kappa shape index (κ3) is 3.26. The van der Waals surface area contributed by atoms with Crippen molar-refractivity contribution in [3.63, 3.8) is 0 Å². The van der Waals surface area contributed by atoms with Gasteiger partial charge in [-0.3, -0.25) is 0 Å². The molecule has 1 nitrogen and oxygen atoms in total. The van der Waals surface area contributed by atoms with Crippen molar-refractivity contribution in [2.45, 2.75) is 37.6 Å². The van der Waals surface area contributed by atoms with Gasteiger partial charge in [-0.1, -0.05) is 6.07 Å². The van der Waals surface area contributed by atoms with Gasteiger partial charge in [0.15, 0.2) is 11.6 Å². The molecule has 5 heteroatoms. The summed E-state index contributed by atoms with van der Waals surface area (Å²) < 4.78 is 52.4. The first-order valence-electron chi connectivity index (χ1n) is 6.43. The van der Waals surface area contributed by atoms with E-state index in [1.807, 2.05) is 0 Å². The molecule has 2 rings (SSSR count). The van der Waals surface area contributed by atoms with Crippen LogP contribution in [-0.4, -0.2) is 13.0 Å². The van der Waals surface area contributed by atoms with Crippen LogP contribution in [0.5, 0.6) is 0 Å². The van der Waals surface area contributed by atoms with Gasteiger partial charge in [-0.2, -0.15) is 0 Å². The number of nitrogens with one attached hydrogen (secondary N) is 1. The summed E-state index contributed by atoms with van der Waals surface area (Å²) in [6.45, 7) is 0. The molecule has 1 aromatic rings. The molecule has 106 valence electrons. The molecule has 0 bridgehead atoms. The first kappa shape index (κ1) is 14.3. The molecule has 1 aliphatic rings. The molecule has 1 aromatic carbocycles. The maximum Gasteiger partial charge on any atom is 0.248 e. The van der Waals surface area contributed by atoms with Crippen LogP contribution in [0, 0.1) is 17.6 Å². The van der Waals surface area contributed by atoms with E-state index in [0.717, 1.165) is 12.1 Å². The van der Waals surface area contributed by atoms with E-state index < -0.39 is 17.6 Å². The van der Waals surface area contributed by atoms with Gasteiger partial charge >= 0.3 is 0 Å². The lowest BCUT2D eigenvalue weighted by Crippen LogP contribution is -2.32. The quantitative estimate of drug-likeness (QED) is 0.821. The van der Waals surface area contributed by atoms with E-state index in [9.17, 15) is 17.6 Å². The Hall–Kier alpha value is -1.10. The summed E-state index contributed by atoms with van der Waals surface area (Å²) in [4.78, 5) is 0. The molecule has 1 unspecified atom stereocenters. The van der Waals surface area contributed by atoms with Crippen molar-refractivity contribution in [1.82, 2.24) is 5.32 Å². The number of halogens is 4. The number of hydrogen-bond donors (Lipinski definition) is 1. The molecular formula is C14H17F4N. The standard InChI is InChI=1S/C14H17F4N/c1-19-13(9-4-6-14(17,18)7-5-9)10-2-3-11(15)12(16)8-10/h2-3,8-9,13,19H,4-7H2,1H3. The van der Waals surface area contributed by atoms with Crippen LogP contribution < -0.4 is 5.32 Å². The van der Waals surface area contributed by atoms with Crippen LogP contribution >= 0.6 is 0 Å². The molecule has 0 heterocycles. The molecule has 0 radical (unpaired) electrons. The van der Waals surface area contributed by atoms with Crippen LogP contribution in [0.15, 0.2) is 18.2 Å². The maximum atomic E-state index is 13.2. The van der Waals surface area contributed by atoms with Gasteiger partial charge in [-0.05, 0) is 43.5 Å². The van der Waals surface area contributed by atoms with Gasteiger partial charge in [-0.25, -0.2) is 17.6 Å². The number of alkyl halides is 2. The fourth-order valence-corrected chi connectivity index (χ4v) is 2.78. The van der Waals surface area contributed by atoms with Crippen molar-refractivity contribution in [3.8, 4) is 0 Å². The first-order valence-corrected chi connectivity index (χ1v) is 6.43. The number of benzene rings is 1. The van der Waals surface area contributed by atoms with Crippen LogP contribution in [0.3, 0.4) is 0 Å². The van der Waals surface area contributed by atoms with E-state index in [1.165, 1.54) is 6.07 Å². The summed E-state index contributed by atoms with van der Waals surface area (Å²) in [5.41, 5.74) is 0.608. The lowest BCUT2D eigenvalue weighted by atomic mass is 9.79. The highest BCUT2D eigenvalue weighted by Crippen LogP contribution is 2.41. The zero-order valence-corrected chi connectivity index (χ0v) is 10.7. The van der Waals surface area contributed by atoms with Crippen LogP contribution in [0.4, 0.5) is 17.6 Å². The van der Waals surface area contributed by atoms with E-state index in [1.54, 1.807) is 7.05 Å². The van der Waals surface area contributed by atoms with Crippen LogP contribution in [-0.2, 0) is 0 Å². The van der Waals surface area contributed by atoms with Crippen LogP contribution in [0.2, 0.25) is 0 Å². The highest BCUT2D eigenvalue weighted by atomic mass is 19.3. The van der Waals surface area contributed by atoms with Crippen molar-refractivity contribution in [1.29, 1.82) is 0 Å². The molecule has 19 heavy (non-hydrogen) atoms. The molecule has 0 aliphatic heterocycles. The SMILES string of the molecule is CNC(c1ccc(F)c(F)c1)C1CCC(F)(F)CC1. The Morgan fingerprint density at radius 2 is 1.79 bits per heavy atom. The molecule has 1 atom stereocenters. The lowest BCUT2D eigenvalue weighted by molar-refractivity contribution is -0.0495. The molecule has 0 aromatic heterocycles. The predicted molar refractivity (Wildman–Crippen MR) is 65.1 cm³/mol. The van der Waals surface area contributed by atoms with Crippen molar-refractivity contribution in [3.05, 3.63) is 35.4 Å². The Morgan fingerprint density at radius 3 is 2.32 bits per heavy atom. The smallest absolute Gasteiger partial charge is 0.248 e.